The maximum atomic E-state index is 13.3. The van der Waals surface area contributed by atoms with Crippen molar-refractivity contribution in [2.24, 2.45) is 17.8 Å². The number of hydrogen-bond acceptors (Lipinski definition) is 9. The van der Waals surface area contributed by atoms with Gasteiger partial charge < -0.3 is 33.4 Å². The van der Waals surface area contributed by atoms with Crippen molar-refractivity contribution in [3.8, 4) is 17.2 Å². The van der Waals surface area contributed by atoms with Crippen LogP contribution in [0.4, 0.5) is 0 Å². The molecule has 2 aromatic carbocycles. The fourth-order valence-corrected chi connectivity index (χ4v) is 7.37. The van der Waals surface area contributed by atoms with Gasteiger partial charge in [0.1, 0.15) is 29.5 Å². The Morgan fingerprint density at radius 3 is 2.40 bits per heavy atom. The summed E-state index contributed by atoms with van der Waals surface area (Å²) in [7, 11) is 6.23. The van der Waals surface area contributed by atoms with Crippen LogP contribution in [-0.4, -0.2) is 82.2 Å². The highest BCUT2D eigenvalue weighted by molar-refractivity contribution is 5.86. The van der Waals surface area contributed by atoms with Crippen LogP contribution in [0.3, 0.4) is 0 Å². The number of aromatic nitrogens is 1. The third kappa shape index (κ3) is 5.18. The second-order valence-corrected chi connectivity index (χ2v) is 11.3. The number of benzene rings is 2. The number of nitrogens with one attached hydrogen (secondary N) is 1. The van der Waals surface area contributed by atoms with E-state index in [1.807, 2.05) is 12.1 Å². The van der Waals surface area contributed by atoms with E-state index >= 15 is 0 Å². The van der Waals surface area contributed by atoms with Crippen molar-refractivity contribution in [3.63, 3.8) is 0 Å². The van der Waals surface area contributed by atoms with Gasteiger partial charge in [0.2, 0.25) is 0 Å². The molecule has 1 N–H and O–H groups in total. The molecule has 0 bridgehead atoms. The van der Waals surface area contributed by atoms with Crippen molar-refractivity contribution in [2.75, 3.05) is 48.1 Å². The lowest BCUT2D eigenvalue weighted by molar-refractivity contribution is -0.190. The highest BCUT2D eigenvalue weighted by Gasteiger charge is 2.54. The largest absolute Gasteiger partial charge is 0.497 e. The Morgan fingerprint density at radius 2 is 1.69 bits per heavy atom. The Kier molecular flexibility index (Phi) is 8.00. The molecule has 0 radical (unpaired) electrons. The van der Waals surface area contributed by atoms with Gasteiger partial charge in [-0.25, -0.2) is 4.79 Å². The SMILES string of the molecule is COC(=O)[C@@H]1[C@@H]2C[C@@H]3c4[nH]c5cc(OC)ccc5c4CCN3C[C@@H]2C[C@@H](OC(=O)COc2ccc(OC)cc2)[C@@H]1OC. The first-order chi connectivity index (χ1) is 20.4. The van der Waals surface area contributed by atoms with Crippen LogP contribution >= 0.6 is 0 Å². The molecule has 1 saturated heterocycles. The molecule has 1 saturated carbocycles. The molecule has 6 rings (SSSR count). The lowest BCUT2D eigenvalue weighted by atomic mass is 9.64. The molecule has 10 heteroatoms. The Bertz CT molecular complexity index is 1440. The normalized spacial score (nSPS) is 26.9. The summed E-state index contributed by atoms with van der Waals surface area (Å²) in [5.41, 5.74) is 3.62. The Hall–Kier alpha value is -3.76. The van der Waals surface area contributed by atoms with Crippen LogP contribution in [-0.2, 0) is 30.2 Å². The van der Waals surface area contributed by atoms with E-state index in [0.717, 1.165) is 37.2 Å². The van der Waals surface area contributed by atoms with Crippen LogP contribution < -0.4 is 14.2 Å². The van der Waals surface area contributed by atoms with Gasteiger partial charge in [-0.3, -0.25) is 9.69 Å². The summed E-state index contributed by atoms with van der Waals surface area (Å²) >= 11 is 0. The molecule has 10 nitrogen and oxygen atoms in total. The number of aromatic amines is 1. The predicted octanol–water partition coefficient (Wildman–Crippen LogP) is 3.92. The number of carbonyl (C=O) groups excluding carboxylic acids is 2. The Labute approximate surface area is 245 Å². The van der Waals surface area contributed by atoms with Gasteiger partial charge in [0.25, 0.3) is 0 Å². The highest BCUT2D eigenvalue weighted by Crippen LogP contribution is 2.50. The molecular formula is C32H38N2O8. The summed E-state index contributed by atoms with van der Waals surface area (Å²) in [6, 6.07) is 13.3. The van der Waals surface area contributed by atoms with Gasteiger partial charge in [0.05, 0.1) is 33.3 Å². The zero-order chi connectivity index (χ0) is 29.4. The molecule has 1 aliphatic carbocycles. The highest BCUT2D eigenvalue weighted by atomic mass is 16.6. The monoisotopic (exact) mass is 578 g/mol. The molecule has 3 aromatic rings. The average molecular weight is 579 g/mol. The summed E-state index contributed by atoms with van der Waals surface area (Å²) in [5.74, 6) is 0.800. The summed E-state index contributed by atoms with van der Waals surface area (Å²) < 4.78 is 33.4. The van der Waals surface area contributed by atoms with Crippen molar-refractivity contribution < 1.29 is 38.0 Å². The molecule has 1 aromatic heterocycles. The number of H-pyrrole nitrogens is 1. The zero-order valence-electron chi connectivity index (χ0n) is 24.5. The molecule has 3 heterocycles. The third-order valence-electron chi connectivity index (χ3n) is 9.30. The molecule has 0 amide bonds. The van der Waals surface area contributed by atoms with Crippen molar-refractivity contribution >= 4 is 22.8 Å². The van der Waals surface area contributed by atoms with Crippen LogP contribution in [0, 0.1) is 17.8 Å². The lowest BCUT2D eigenvalue weighted by Crippen LogP contribution is -2.58. The number of piperidine rings is 1. The number of esters is 2. The molecule has 224 valence electrons. The van der Waals surface area contributed by atoms with Crippen molar-refractivity contribution in [3.05, 3.63) is 53.7 Å². The van der Waals surface area contributed by atoms with Gasteiger partial charge in [0, 0.05) is 42.9 Å². The van der Waals surface area contributed by atoms with E-state index in [0.29, 0.717) is 17.9 Å². The minimum atomic E-state index is -0.620. The maximum Gasteiger partial charge on any atom is 0.344 e. The predicted molar refractivity (Wildman–Crippen MR) is 154 cm³/mol. The number of carbonyl (C=O) groups is 2. The van der Waals surface area contributed by atoms with E-state index in [2.05, 4.69) is 16.0 Å². The van der Waals surface area contributed by atoms with Crippen LogP contribution in [0.5, 0.6) is 17.2 Å². The van der Waals surface area contributed by atoms with Crippen molar-refractivity contribution in [1.82, 2.24) is 9.88 Å². The van der Waals surface area contributed by atoms with E-state index in [4.69, 9.17) is 28.4 Å². The van der Waals surface area contributed by atoms with Crippen LogP contribution in [0.1, 0.15) is 30.1 Å². The summed E-state index contributed by atoms with van der Waals surface area (Å²) in [5, 5.41) is 1.22. The fourth-order valence-electron chi connectivity index (χ4n) is 7.37. The number of hydrogen-bond donors (Lipinski definition) is 1. The minimum Gasteiger partial charge on any atom is -0.497 e. The molecule has 6 atom stereocenters. The average Bonchev–Trinajstić information content (AvgIpc) is 3.40. The second-order valence-electron chi connectivity index (χ2n) is 11.3. The summed E-state index contributed by atoms with van der Waals surface area (Å²) in [4.78, 5) is 32.4. The van der Waals surface area contributed by atoms with E-state index in [-0.39, 0.29) is 30.5 Å². The van der Waals surface area contributed by atoms with Crippen molar-refractivity contribution in [1.29, 1.82) is 0 Å². The molecule has 0 spiro atoms. The van der Waals surface area contributed by atoms with Crippen LogP contribution in [0.2, 0.25) is 0 Å². The molecule has 2 aliphatic heterocycles. The number of methoxy groups -OCH3 is 4. The van der Waals surface area contributed by atoms with Gasteiger partial charge in [-0.05, 0) is 73.1 Å². The first-order valence-corrected chi connectivity index (χ1v) is 14.4. The standard InChI is InChI=1S/C32H38N2O8/c1-37-19-5-7-20(8-6-19)41-17-28(35)42-27-13-18-16-34-12-11-23-22-10-9-21(38-2)14-25(22)33-30(23)26(34)15-24(18)29(31(27)39-3)32(36)40-4/h5-10,14,18,24,26-27,29,31,33H,11-13,15-17H2,1-4H3/t18-,24+,26+,27+,29+,31-/m0/s1. The zero-order valence-corrected chi connectivity index (χ0v) is 24.5. The maximum absolute atomic E-state index is 13.3. The molecule has 0 unspecified atom stereocenters. The summed E-state index contributed by atoms with van der Waals surface area (Å²) in [6.07, 6.45) is 1.11. The van der Waals surface area contributed by atoms with Gasteiger partial charge in [-0.1, -0.05) is 0 Å². The van der Waals surface area contributed by atoms with Gasteiger partial charge in [0.15, 0.2) is 6.61 Å². The van der Waals surface area contributed by atoms with Gasteiger partial charge in [-0.15, -0.1) is 0 Å². The number of nitrogens with zero attached hydrogens (tertiary/aromatic N) is 1. The van der Waals surface area contributed by atoms with Crippen LogP contribution in [0.15, 0.2) is 42.5 Å². The smallest absolute Gasteiger partial charge is 0.344 e. The van der Waals surface area contributed by atoms with Gasteiger partial charge >= 0.3 is 11.9 Å². The van der Waals surface area contributed by atoms with E-state index in [1.54, 1.807) is 45.6 Å². The topological polar surface area (TPSA) is 109 Å². The first-order valence-electron chi connectivity index (χ1n) is 14.4. The Balaban J connectivity index is 1.21. The molecular weight excluding hydrogens is 540 g/mol. The van der Waals surface area contributed by atoms with Gasteiger partial charge in [-0.2, -0.15) is 0 Å². The van der Waals surface area contributed by atoms with E-state index < -0.39 is 24.1 Å². The number of rotatable bonds is 8. The van der Waals surface area contributed by atoms with Crippen LogP contribution in [0.25, 0.3) is 10.9 Å². The van der Waals surface area contributed by atoms with E-state index in [9.17, 15) is 9.59 Å². The lowest BCUT2D eigenvalue weighted by Gasteiger charge is -2.52. The minimum absolute atomic E-state index is 0.0149. The third-order valence-corrected chi connectivity index (χ3v) is 9.30. The molecule has 3 aliphatic rings. The fraction of sp³-hybridized carbons (Fsp3) is 0.500. The second kappa shape index (κ2) is 11.9. The number of ether oxygens (including phenoxy) is 6. The van der Waals surface area contributed by atoms with E-state index in [1.165, 1.54) is 23.8 Å². The summed E-state index contributed by atoms with van der Waals surface area (Å²) in [6.45, 7) is 1.48. The first kappa shape index (κ1) is 28.4. The Morgan fingerprint density at radius 1 is 0.952 bits per heavy atom. The van der Waals surface area contributed by atoms with Crippen molar-refractivity contribution in [2.45, 2.75) is 37.5 Å². The molecule has 42 heavy (non-hydrogen) atoms. The number of fused-ring (bicyclic) bond motifs is 6. The molecule has 2 fully saturated rings. The quantitative estimate of drug-likeness (QED) is 0.398.